The zero-order chi connectivity index (χ0) is 16.7. The Morgan fingerprint density at radius 1 is 1.17 bits per heavy atom. The summed E-state index contributed by atoms with van der Waals surface area (Å²) in [6.07, 6.45) is 0. The maximum Gasteiger partial charge on any atom is 0.251 e. The van der Waals surface area contributed by atoms with Gasteiger partial charge in [-0.2, -0.15) is 0 Å². The molecule has 0 unspecified atom stereocenters. The molecule has 0 heterocycles. The lowest BCUT2D eigenvalue weighted by atomic mass is 10.2. The fourth-order valence-corrected chi connectivity index (χ4v) is 2.24. The monoisotopic (exact) mass is 333 g/mol. The highest BCUT2D eigenvalue weighted by Gasteiger charge is 2.12. The SMILES string of the molecule is CCOc1ccc(C(=O)N[C@H](C)COc2ccccc2)cc1Cl. The summed E-state index contributed by atoms with van der Waals surface area (Å²) in [5.41, 5.74) is 0.491. The van der Waals surface area contributed by atoms with Crippen molar-refractivity contribution in [1.29, 1.82) is 0 Å². The zero-order valence-electron chi connectivity index (χ0n) is 13.2. The Morgan fingerprint density at radius 3 is 2.57 bits per heavy atom. The van der Waals surface area contributed by atoms with Gasteiger partial charge in [-0.25, -0.2) is 0 Å². The van der Waals surface area contributed by atoms with Gasteiger partial charge < -0.3 is 14.8 Å². The fourth-order valence-electron chi connectivity index (χ4n) is 2.00. The summed E-state index contributed by atoms with van der Waals surface area (Å²) in [5, 5.41) is 3.31. The van der Waals surface area contributed by atoms with Gasteiger partial charge in [0.15, 0.2) is 0 Å². The summed E-state index contributed by atoms with van der Waals surface area (Å²) < 4.78 is 11.0. The summed E-state index contributed by atoms with van der Waals surface area (Å²) in [6, 6.07) is 14.3. The van der Waals surface area contributed by atoms with Crippen molar-refractivity contribution in [2.24, 2.45) is 0 Å². The molecule has 122 valence electrons. The van der Waals surface area contributed by atoms with Crippen molar-refractivity contribution in [2.45, 2.75) is 19.9 Å². The molecule has 4 nitrogen and oxygen atoms in total. The molecule has 5 heteroatoms. The van der Waals surface area contributed by atoms with Crippen LogP contribution in [0.15, 0.2) is 48.5 Å². The second-order valence-corrected chi connectivity index (χ2v) is 5.48. The molecule has 1 atom stereocenters. The Bertz CT molecular complexity index is 646. The molecule has 0 fully saturated rings. The Hall–Kier alpha value is -2.20. The summed E-state index contributed by atoms with van der Waals surface area (Å²) in [5.74, 6) is 1.16. The first kappa shape index (κ1) is 17.2. The third-order valence-corrected chi connectivity index (χ3v) is 3.41. The van der Waals surface area contributed by atoms with Gasteiger partial charge in [-0.05, 0) is 44.2 Å². The normalized spacial score (nSPS) is 11.6. The van der Waals surface area contributed by atoms with Gasteiger partial charge in [0.05, 0.1) is 17.7 Å². The van der Waals surface area contributed by atoms with Crippen LogP contribution in [0, 0.1) is 0 Å². The van der Waals surface area contributed by atoms with Gasteiger partial charge in [-0.1, -0.05) is 29.8 Å². The van der Waals surface area contributed by atoms with Gasteiger partial charge >= 0.3 is 0 Å². The number of halogens is 1. The van der Waals surface area contributed by atoms with Crippen molar-refractivity contribution in [3.8, 4) is 11.5 Å². The van der Waals surface area contributed by atoms with Gasteiger partial charge in [-0.15, -0.1) is 0 Å². The van der Waals surface area contributed by atoms with Crippen LogP contribution in [-0.2, 0) is 0 Å². The molecule has 0 radical (unpaired) electrons. The summed E-state index contributed by atoms with van der Waals surface area (Å²) in [6.45, 7) is 4.68. The first-order chi connectivity index (χ1) is 11.1. The van der Waals surface area contributed by atoms with E-state index < -0.39 is 0 Å². The van der Waals surface area contributed by atoms with E-state index in [0.717, 1.165) is 5.75 Å². The fraction of sp³-hybridized carbons (Fsp3) is 0.278. The molecule has 0 bridgehead atoms. The molecule has 2 aromatic rings. The van der Waals surface area contributed by atoms with Crippen LogP contribution in [0.5, 0.6) is 11.5 Å². The zero-order valence-corrected chi connectivity index (χ0v) is 14.0. The second kappa shape index (κ2) is 8.44. The van der Waals surface area contributed by atoms with E-state index in [1.54, 1.807) is 18.2 Å². The van der Waals surface area contributed by atoms with Gasteiger partial charge in [0.2, 0.25) is 0 Å². The van der Waals surface area contributed by atoms with Crippen molar-refractivity contribution >= 4 is 17.5 Å². The number of benzene rings is 2. The molecule has 0 spiro atoms. The Labute approximate surface area is 141 Å². The van der Waals surface area contributed by atoms with Crippen LogP contribution >= 0.6 is 11.6 Å². The third kappa shape index (κ3) is 5.18. The van der Waals surface area contributed by atoms with Crippen LogP contribution in [0.1, 0.15) is 24.2 Å². The van der Waals surface area contributed by atoms with Gasteiger partial charge in [0, 0.05) is 5.56 Å². The number of hydrogen-bond donors (Lipinski definition) is 1. The number of hydrogen-bond acceptors (Lipinski definition) is 3. The average Bonchev–Trinajstić information content (AvgIpc) is 2.56. The first-order valence-electron chi connectivity index (χ1n) is 7.51. The van der Waals surface area contributed by atoms with Crippen molar-refractivity contribution in [1.82, 2.24) is 5.32 Å². The number of amides is 1. The smallest absolute Gasteiger partial charge is 0.251 e. The molecule has 23 heavy (non-hydrogen) atoms. The highest BCUT2D eigenvalue weighted by Crippen LogP contribution is 2.25. The molecule has 2 rings (SSSR count). The van der Waals surface area contributed by atoms with Gasteiger partial charge in [-0.3, -0.25) is 4.79 Å². The molecule has 0 aliphatic heterocycles. The molecule has 1 N–H and O–H groups in total. The minimum atomic E-state index is -0.195. The van der Waals surface area contributed by atoms with Crippen molar-refractivity contribution < 1.29 is 14.3 Å². The third-order valence-electron chi connectivity index (χ3n) is 3.11. The number of ether oxygens (including phenoxy) is 2. The predicted molar refractivity (Wildman–Crippen MR) is 91.5 cm³/mol. The molecular weight excluding hydrogens is 314 g/mol. The van der Waals surface area contributed by atoms with E-state index >= 15 is 0 Å². The molecule has 0 aromatic heterocycles. The molecule has 0 saturated carbocycles. The van der Waals surface area contributed by atoms with Crippen LogP contribution in [0.2, 0.25) is 5.02 Å². The van der Waals surface area contributed by atoms with E-state index in [1.807, 2.05) is 44.2 Å². The number of carbonyl (C=O) groups excluding carboxylic acids is 1. The summed E-state index contributed by atoms with van der Waals surface area (Å²) >= 11 is 6.10. The standard InChI is InChI=1S/C18H20ClNO3/c1-3-22-17-10-9-14(11-16(17)19)18(21)20-13(2)12-23-15-7-5-4-6-8-15/h4-11,13H,3,12H2,1-2H3,(H,20,21)/t13-/m1/s1. The Balaban J connectivity index is 1.89. The largest absolute Gasteiger partial charge is 0.492 e. The lowest BCUT2D eigenvalue weighted by Crippen LogP contribution is -2.36. The van der Waals surface area contributed by atoms with Crippen molar-refractivity contribution in [3.05, 3.63) is 59.1 Å². The molecule has 2 aromatic carbocycles. The van der Waals surface area contributed by atoms with E-state index in [1.165, 1.54) is 0 Å². The maximum absolute atomic E-state index is 12.2. The van der Waals surface area contributed by atoms with Crippen LogP contribution in [0.4, 0.5) is 0 Å². The highest BCUT2D eigenvalue weighted by molar-refractivity contribution is 6.32. The van der Waals surface area contributed by atoms with E-state index in [2.05, 4.69) is 5.32 Å². The minimum Gasteiger partial charge on any atom is -0.492 e. The van der Waals surface area contributed by atoms with Crippen LogP contribution in [-0.4, -0.2) is 25.2 Å². The highest BCUT2D eigenvalue weighted by atomic mass is 35.5. The van der Waals surface area contributed by atoms with Crippen molar-refractivity contribution in [3.63, 3.8) is 0 Å². The van der Waals surface area contributed by atoms with Crippen LogP contribution in [0.3, 0.4) is 0 Å². The molecular formula is C18H20ClNO3. The first-order valence-corrected chi connectivity index (χ1v) is 7.89. The van der Waals surface area contributed by atoms with Crippen molar-refractivity contribution in [2.75, 3.05) is 13.2 Å². The number of rotatable bonds is 7. The Morgan fingerprint density at radius 2 is 1.91 bits per heavy atom. The topological polar surface area (TPSA) is 47.6 Å². The van der Waals surface area contributed by atoms with E-state index in [0.29, 0.717) is 29.5 Å². The van der Waals surface area contributed by atoms with Gasteiger partial charge in [0.1, 0.15) is 18.1 Å². The molecule has 0 saturated heterocycles. The second-order valence-electron chi connectivity index (χ2n) is 5.08. The molecule has 0 aliphatic carbocycles. The molecule has 1 amide bonds. The maximum atomic E-state index is 12.2. The van der Waals surface area contributed by atoms with E-state index in [4.69, 9.17) is 21.1 Å². The Kier molecular flexibility index (Phi) is 6.29. The average molecular weight is 334 g/mol. The predicted octanol–water partition coefficient (Wildman–Crippen LogP) is 3.94. The summed E-state index contributed by atoms with van der Waals surface area (Å²) in [7, 11) is 0. The van der Waals surface area contributed by atoms with E-state index in [9.17, 15) is 4.79 Å². The quantitative estimate of drug-likeness (QED) is 0.835. The number of nitrogens with one attached hydrogen (secondary N) is 1. The minimum absolute atomic E-state index is 0.131. The van der Waals surface area contributed by atoms with Gasteiger partial charge in [0.25, 0.3) is 5.91 Å². The number of carbonyl (C=O) groups is 1. The number of para-hydroxylation sites is 1. The van der Waals surface area contributed by atoms with E-state index in [-0.39, 0.29) is 11.9 Å². The lowest BCUT2D eigenvalue weighted by Gasteiger charge is -2.15. The lowest BCUT2D eigenvalue weighted by molar-refractivity contribution is 0.0926. The van der Waals surface area contributed by atoms with Crippen LogP contribution < -0.4 is 14.8 Å². The molecule has 0 aliphatic rings. The van der Waals surface area contributed by atoms with Crippen LogP contribution in [0.25, 0.3) is 0 Å². The summed E-state index contributed by atoms with van der Waals surface area (Å²) in [4.78, 5) is 12.2.